The maximum atomic E-state index is 5.52. The monoisotopic (exact) mass is 266 g/mol. The quantitative estimate of drug-likeness (QED) is 0.317. The summed E-state index contributed by atoms with van der Waals surface area (Å²) in [6.45, 7) is 0. The smallest absolute Gasteiger partial charge is 0.270 e. The highest BCUT2D eigenvalue weighted by molar-refractivity contribution is 5.93. The summed E-state index contributed by atoms with van der Waals surface area (Å²) >= 11 is 0. The van der Waals surface area contributed by atoms with E-state index in [1.54, 1.807) is 0 Å². The molecule has 0 radical (unpaired) electrons. The Hall–Kier alpha value is -2.88. The summed E-state index contributed by atoms with van der Waals surface area (Å²) < 4.78 is 0. The largest absolute Gasteiger partial charge is 0.287 e. The van der Waals surface area contributed by atoms with Crippen LogP contribution in [0.3, 0.4) is 0 Å². The highest BCUT2D eigenvalue weighted by atomic mass is 14.7. The maximum Gasteiger partial charge on any atom is 0.270 e. The Morgan fingerprint density at radius 3 is 1.20 bits per heavy atom. The molecule has 0 aliphatic rings. The molecule has 0 aliphatic carbocycles. The molecule has 0 saturated heterocycles. The number of nitrogens with two attached hydrogens (primary N) is 4. The molecule has 0 aliphatic heterocycles. The van der Waals surface area contributed by atoms with E-state index >= 15 is 0 Å². The summed E-state index contributed by atoms with van der Waals surface area (Å²) in [6.07, 6.45) is 4.03. The Balaban J connectivity index is 2.12. The van der Waals surface area contributed by atoms with Gasteiger partial charge in [-0.1, -0.05) is 36.4 Å². The first-order chi connectivity index (χ1) is 9.56. The van der Waals surface area contributed by atoms with Crippen LogP contribution in [0, 0.1) is 0 Å². The Kier molecular flexibility index (Phi) is 3.96. The van der Waals surface area contributed by atoms with E-state index in [0.717, 1.165) is 22.3 Å². The molecular formula is C16H18N4+2. The highest BCUT2D eigenvalue weighted by Crippen LogP contribution is 2.10. The second-order valence-electron chi connectivity index (χ2n) is 4.49. The Labute approximate surface area is 117 Å². The zero-order valence-electron chi connectivity index (χ0n) is 11.1. The molecular weight excluding hydrogens is 248 g/mol. The van der Waals surface area contributed by atoms with Crippen molar-refractivity contribution in [3.05, 3.63) is 70.8 Å². The van der Waals surface area contributed by atoms with Crippen molar-refractivity contribution in [3.63, 3.8) is 0 Å². The third kappa shape index (κ3) is 3.32. The van der Waals surface area contributed by atoms with Gasteiger partial charge in [0.2, 0.25) is 0 Å². The summed E-state index contributed by atoms with van der Waals surface area (Å²) in [5.41, 5.74) is 14.9. The molecule has 0 fully saturated rings. The minimum Gasteiger partial charge on any atom is -0.287 e. The van der Waals surface area contributed by atoms with Gasteiger partial charge in [0.25, 0.3) is 11.7 Å². The van der Waals surface area contributed by atoms with E-state index in [1.165, 1.54) is 0 Å². The van der Waals surface area contributed by atoms with Crippen molar-refractivity contribution < 1.29 is 10.8 Å². The van der Waals surface area contributed by atoms with Crippen molar-refractivity contribution in [1.82, 2.24) is 0 Å². The van der Waals surface area contributed by atoms with Crippen LogP contribution in [0.2, 0.25) is 0 Å². The average Bonchev–Trinajstić information content (AvgIpc) is 2.46. The van der Waals surface area contributed by atoms with Gasteiger partial charge in [-0.2, -0.15) is 0 Å². The average molecular weight is 266 g/mol. The number of hydrogen-bond donors (Lipinski definition) is 4. The van der Waals surface area contributed by atoms with E-state index in [2.05, 4.69) is 0 Å². The molecule has 0 spiro atoms. The summed E-state index contributed by atoms with van der Waals surface area (Å²) in [4.78, 5) is 0. The summed E-state index contributed by atoms with van der Waals surface area (Å²) in [5, 5.41) is 11.0. The van der Waals surface area contributed by atoms with Gasteiger partial charge < -0.3 is 0 Å². The number of amidine groups is 2. The van der Waals surface area contributed by atoms with Crippen LogP contribution in [0.1, 0.15) is 22.3 Å². The number of benzene rings is 2. The van der Waals surface area contributed by atoms with Gasteiger partial charge in [0.1, 0.15) is 0 Å². The molecule has 0 bridgehead atoms. The Bertz CT molecular complexity index is 592. The predicted octanol–water partition coefficient (Wildman–Crippen LogP) is -1.21. The molecule has 0 heterocycles. The Morgan fingerprint density at radius 1 is 0.650 bits per heavy atom. The van der Waals surface area contributed by atoms with Crippen molar-refractivity contribution in [2.75, 3.05) is 0 Å². The van der Waals surface area contributed by atoms with Crippen LogP contribution in [0.5, 0.6) is 0 Å². The van der Waals surface area contributed by atoms with E-state index < -0.39 is 0 Å². The van der Waals surface area contributed by atoms with Crippen LogP contribution in [0.15, 0.2) is 48.5 Å². The van der Waals surface area contributed by atoms with Gasteiger partial charge in [-0.15, -0.1) is 0 Å². The lowest BCUT2D eigenvalue weighted by molar-refractivity contribution is -0.115. The van der Waals surface area contributed by atoms with Gasteiger partial charge >= 0.3 is 0 Å². The molecule has 0 amide bonds. The molecule has 4 heteroatoms. The zero-order valence-corrected chi connectivity index (χ0v) is 11.1. The third-order valence-electron chi connectivity index (χ3n) is 2.96. The summed E-state index contributed by atoms with van der Waals surface area (Å²) in [7, 11) is 0. The first-order valence-electron chi connectivity index (χ1n) is 6.21. The molecule has 8 N–H and O–H groups in total. The van der Waals surface area contributed by atoms with Gasteiger partial charge in [0, 0.05) is 0 Å². The third-order valence-corrected chi connectivity index (χ3v) is 2.96. The first kappa shape index (κ1) is 13.5. The van der Waals surface area contributed by atoms with Crippen LogP contribution in [-0.2, 0) is 0 Å². The topological polar surface area (TPSA) is 103 Å². The lowest BCUT2D eigenvalue weighted by Crippen LogP contribution is -2.46. The zero-order chi connectivity index (χ0) is 14.5. The van der Waals surface area contributed by atoms with Crippen LogP contribution >= 0.6 is 0 Å². The van der Waals surface area contributed by atoms with Gasteiger partial charge in [0.05, 0.1) is 11.1 Å². The first-order valence-corrected chi connectivity index (χ1v) is 6.21. The highest BCUT2D eigenvalue weighted by Gasteiger charge is 2.00. The maximum absolute atomic E-state index is 5.52. The minimum absolute atomic E-state index is 0.326. The molecule has 2 rings (SSSR count). The molecule has 2 aromatic rings. The van der Waals surface area contributed by atoms with Crippen molar-refractivity contribution >= 4 is 23.8 Å². The fraction of sp³-hybridized carbons (Fsp3) is 0. The van der Waals surface area contributed by atoms with Crippen molar-refractivity contribution in [3.8, 4) is 0 Å². The van der Waals surface area contributed by atoms with Crippen molar-refractivity contribution in [2.24, 2.45) is 11.5 Å². The van der Waals surface area contributed by atoms with E-state index in [4.69, 9.17) is 22.3 Å². The van der Waals surface area contributed by atoms with Crippen molar-refractivity contribution in [2.45, 2.75) is 0 Å². The molecule has 4 nitrogen and oxygen atoms in total. The molecule has 0 saturated carbocycles. The van der Waals surface area contributed by atoms with Crippen LogP contribution in [0.4, 0.5) is 0 Å². The van der Waals surface area contributed by atoms with Gasteiger partial charge in [-0.25, -0.2) is 0 Å². The molecule has 0 unspecified atom stereocenters. The summed E-state index contributed by atoms with van der Waals surface area (Å²) in [6, 6.07) is 15.4. The van der Waals surface area contributed by atoms with Crippen molar-refractivity contribution in [1.29, 1.82) is 0 Å². The normalized spacial score (nSPS) is 10.6. The van der Waals surface area contributed by atoms with Gasteiger partial charge in [-0.05, 0) is 35.4 Å². The fourth-order valence-corrected chi connectivity index (χ4v) is 1.77. The predicted molar refractivity (Wildman–Crippen MR) is 82.3 cm³/mol. The van der Waals surface area contributed by atoms with E-state index in [0.29, 0.717) is 11.7 Å². The minimum atomic E-state index is 0.326. The SMILES string of the molecule is NC(=[NH2+])c1ccc(/C=C/c2ccc(C(N)=[NH2+])cc2)cc1. The number of hydrogen-bond acceptors (Lipinski definition) is 0. The molecule has 0 atom stereocenters. The molecule has 0 aromatic heterocycles. The van der Waals surface area contributed by atoms with Gasteiger partial charge in [0.15, 0.2) is 0 Å². The molecule has 2 aromatic carbocycles. The van der Waals surface area contributed by atoms with E-state index in [9.17, 15) is 0 Å². The standard InChI is InChI=1S/C16H16N4/c17-15(18)13-7-3-11(4-8-13)1-2-12-5-9-14(10-6-12)16(19)20/h1-10H,(H3,17,18)(H3,19,20)/p+2/b2-1+. The number of rotatable bonds is 4. The van der Waals surface area contributed by atoms with E-state index in [1.807, 2.05) is 60.7 Å². The van der Waals surface area contributed by atoms with Crippen LogP contribution < -0.4 is 22.3 Å². The lowest BCUT2D eigenvalue weighted by Gasteiger charge is -1.97. The van der Waals surface area contributed by atoms with Crippen LogP contribution in [0.25, 0.3) is 12.2 Å². The van der Waals surface area contributed by atoms with Gasteiger partial charge in [-0.3, -0.25) is 22.3 Å². The van der Waals surface area contributed by atoms with Crippen LogP contribution in [-0.4, -0.2) is 11.7 Å². The second-order valence-corrected chi connectivity index (χ2v) is 4.49. The lowest BCUT2D eigenvalue weighted by atomic mass is 10.1. The van der Waals surface area contributed by atoms with E-state index in [-0.39, 0.29) is 0 Å². The molecule has 100 valence electrons. The molecule has 20 heavy (non-hydrogen) atoms. The second kappa shape index (κ2) is 5.84. The fourth-order valence-electron chi connectivity index (χ4n) is 1.77. The Morgan fingerprint density at radius 2 is 0.950 bits per heavy atom. The summed E-state index contributed by atoms with van der Waals surface area (Å²) in [5.74, 6) is 0.651.